The molecule has 18 heteroatoms. The zero-order chi connectivity index (χ0) is 41.4. The van der Waals surface area contributed by atoms with Crippen LogP contribution in [0, 0.1) is 12.8 Å². The van der Waals surface area contributed by atoms with Crippen molar-refractivity contribution in [3.8, 4) is 16.3 Å². The fourth-order valence-corrected chi connectivity index (χ4v) is 10.8. The van der Waals surface area contributed by atoms with Crippen LogP contribution in [0.2, 0.25) is 0 Å². The normalized spacial score (nSPS) is 17.8. The van der Waals surface area contributed by atoms with Crippen LogP contribution in [0.4, 0.5) is 4.79 Å². The zero-order valence-electron chi connectivity index (χ0n) is 33.6. The Balaban J connectivity index is 1.54. The number of rotatable bonds is 19. The highest BCUT2D eigenvalue weighted by Crippen LogP contribution is 2.36. The van der Waals surface area contributed by atoms with E-state index in [2.05, 4.69) is 15.5 Å². The quantitative estimate of drug-likeness (QED) is 0.0785. The summed E-state index contributed by atoms with van der Waals surface area (Å²) in [7, 11) is -2.77. The van der Waals surface area contributed by atoms with Gasteiger partial charge in [0.15, 0.2) is 20.9 Å². The first-order chi connectivity index (χ1) is 26.3. The van der Waals surface area contributed by atoms with E-state index in [1.54, 1.807) is 37.6 Å². The van der Waals surface area contributed by atoms with Crippen LogP contribution in [0.3, 0.4) is 0 Å². The molecule has 1 fully saturated rings. The SMILES string of the molecule is CCOC(COc1cc(C(C(=O)N2C[C@H](OC(=O)OC(C)C(C)(C)SS(C)(=O)=O)C[C@H]2C(=O)N[C@@H](C)c2ccc(-c3scnc3C)cc2)C(C)C)on1)OCC. The van der Waals surface area contributed by atoms with E-state index in [1.165, 1.54) is 11.0 Å². The van der Waals surface area contributed by atoms with E-state index in [0.29, 0.717) is 24.0 Å². The van der Waals surface area contributed by atoms with Crippen molar-refractivity contribution < 1.29 is 51.0 Å². The summed E-state index contributed by atoms with van der Waals surface area (Å²) in [6.07, 6.45) is -2.35. The molecule has 0 radical (unpaired) electrons. The second-order valence-electron chi connectivity index (χ2n) is 14.4. The number of benzene rings is 1. The van der Waals surface area contributed by atoms with Crippen molar-refractivity contribution >= 4 is 49.0 Å². The number of aromatic nitrogens is 2. The lowest BCUT2D eigenvalue weighted by Crippen LogP contribution is -2.48. The highest BCUT2D eigenvalue weighted by Gasteiger charge is 2.46. The van der Waals surface area contributed by atoms with E-state index in [9.17, 15) is 22.8 Å². The van der Waals surface area contributed by atoms with Gasteiger partial charge < -0.3 is 38.4 Å². The van der Waals surface area contributed by atoms with Gasteiger partial charge in [-0.25, -0.2) is 18.2 Å². The van der Waals surface area contributed by atoms with E-state index in [4.69, 9.17) is 28.2 Å². The zero-order valence-corrected chi connectivity index (χ0v) is 36.0. The Morgan fingerprint density at radius 3 is 2.32 bits per heavy atom. The van der Waals surface area contributed by atoms with Crippen LogP contribution in [0.25, 0.3) is 10.4 Å². The van der Waals surface area contributed by atoms with Crippen LogP contribution in [0.5, 0.6) is 5.88 Å². The first-order valence-corrected chi connectivity index (χ1v) is 22.7. The molecule has 310 valence electrons. The number of aryl methyl sites for hydroxylation is 1. The Morgan fingerprint density at radius 1 is 1.09 bits per heavy atom. The summed E-state index contributed by atoms with van der Waals surface area (Å²) < 4.78 is 56.6. The predicted octanol–water partition coefficient (Wildman–Crippen LogP) is 6.48. The average Bonchev–Trinajstić information content (AvgIpc) is 3.86. The molecule has 1 saturated heterocycles. The summed E-state index contributed by atoms with van der Waals surface area (Å²) in [6, 6.07) is 7.92. The van der Waals surface area contributed by atoms with Crippen LogP contribution in [0.15, 0.2) is 40.4 Å². The highest BCUT2D eigenvalue weighted by molar-refractivity contribution is 8.72. The van der Waals surface area contributed by atoms with E-state index >= 15 is 0 Å². The highest BCUT2D eigenvalue weighted by atomic mass is 33.1. The van der Waals surface area contributed by atoms with Gasteiger partial charge in [-0.3, -0.25) is 9.59 Å². The molecule has 2 unspecified atom stereocenters. The Bertz CT molecular complexity index is 1870. The number of hydrogen-bond acceptors (Lipinski definition) is 15. The maximum Gasteiger partial charge on any atom is 0.508 e. The third-order valence-electron chi connectivity index (χ3n) is 9.33. The third-order valence-corrected chi connectivity index (χ3v) is 13.6. The molecule has 5 atom stereocenters. The molecule has 0 spiro atoms. The molecule has 2 amide bonds. The predicted molar refractivity (Wildman–Crippen MR) is 213 cm³/mol. The van der Waals surface area contributed by atoms with E-state index in [-0.39, 0.29) is 37.1 Å². The van der Waals surface area contributed by atoms with Crippen LogP contribution in [-0.4, -0.2) is 103 Å². The van der Waals surface area contributed by atoms with Crippen molar-refractivity contribution in [2.45, 2.75) is 110 Å². The van der Waals surface area contributed by atoms with Gasteiger partial charge in [-0.15, -0.1) is 11.3 Å². The molecule has 1 aliphatic rings. The molecule has 56 heavy (non-hydrogen) atoms. The Morgan fingerprint density at radius 2 is 1.75 bits per heavy atom. The lowest BCUT2D eigenvalue weighted by Gasteiger charge is -2.29. The van der Waals surface area contributed by atoms with Gasteiger partial charge in [-0.1, -0.05) is 38.1 Å². The second kappa shape index (κ2) is 19.6. The Labute approximate surface area is 336 Å². The van der Waals surface area contributed by atoms with E-state index < -0.39 is 68.1 Å². The molecule has 3 heterocycles. The fourth-order valence-electron chi connectivity index (χ4n) is 6.25. The Kier molecular flexibility index (Phi) is 15.8. The molecule has 0 bridgehead atoms. The number of nitrogens with zero attached hydrogens (tertiary/aromatic N) is 3. The van der Waals surface area contributed by atoms with Gasteiger partial charge >= 0.3 is 6.16 Å². The molecule has 1 aromatic carbocycles. The minimum atomic E-state index is -3.45. The van der Waals surface area contributed by atoms with Crippen LogP contribution in [-0.2, 0) is 37.4 Å². The molecule has 1 aliphatic heterocycles. The molecule has 4 rings (SSSR count). The van der Waals surface area contributed by atoms with Gasteiger partial charge in [0.1, 0.15) is 30.8 Å². The molecule has 2 aromatic heterocycles. The van der Waals surface area contributed by atoms with E-state index in [1.807, 2.05) is 65.8 Å². The molecular weight excluding hydrogens is 785 g/mol. The molecule has 3 aromatic rings. The van der Waals surface area contributed by atoms with Gasteiger partial charge in [0.05, 0.1) is 33.4 Å². The van der Waals surface area contributed by atoms with Crippen molar-refractivity contribution in [1.82, 2.24) is 20.4 Å². The van der Waals surface area contributed by atoms with Crippen LogP contribution >= 0.6 is 22.1 Å². The second-order valence-corrected chi connectivity index (χ2v) is 20.2. The summed E-state index contributed by atoms with van der Waals surface area (Å²) in [4.78, 5) is 48.4. The minimum Gasteiger partial charge on any atom is -0.470 e. The van der Waals surface area contributed by atoms with Gasteiger partial charge in [-0.2, -0.15) is 0 Å². The summed E-state index contributed by atoms with van der Waals surface area (Å²) in [5, 5.41) is 7.06. The van der Waals surface area contributed by atoms with Crippen LogP contribution < -0.4 is 10.1 Å². The van der Waals surface area contributed by atoms with Crippen molar-refractivity contribution in [1.29, 1.82) is 0 Å². The summed E-state index contributed by atoms with van der Waals surface area (Å²) >= 11 is 1.55. The van der Waals surface area contributed by atoms with Gasteiger partial charge in [0, 0.05) is 32.0 Å². The molecule has 1 N–H and O–H groups in total. The van der Waals surface area contributed by atoms with Crippen molar-refractivity contribution in [3.05, 3.63) is 52.9 Å². The topological polar surface area (TPSA) is 186 Å². The fraction of sp³-hybridized carbons (Fsp3) is 0.605. The molecule has 15 nitrogen and oxygen atoms in total. The lowest BCUT2D eigenvalue weighted by atomic mass is 9.91. The van der Waals surface area contributed by atoms with Gasteiger partial charge in [-0.05, 0) is 81.5 Å². The number of carbonyl (C=O) groups excluding carboxylic acids is 3. The van der Waals surface area contributed by atoms with E-state index in [0.717, 1.165) is 28.0 Å². The molecule has 0 aliphatic carbocycles. The van der Waals surface area contributed by atoms with Crippen LogP contribution in [0.1, 0.15) is 90.8 Å². The monoisotopic (exact) mass is 838 g/mol. The number of amides is 2. The van der Waals surface area contributed by atoms with Gasteiger partial charge in [0.2, 0.25) is 11.8 Å². The van der Waals surface area contributed by atoms with Crippen molar-refractivity contribution in [3.63, 3.8) is 0 Å². The number of nitrogens with one attached hydrogen (secondary N) is 1. The largest absolute Gasteiger partial charge is 0.508 e. The molecular formula is C38H54N4O11S3. The first-order valence-electron chi connectivity index (χ1n) is 18.5. The summed E-state index contributed by atoms with van der Waals surface area (Å²) in [6.45, 7) is 16.8. The van der Waals surface area contributed by atoms with Crippen molar-refractivity contribution in [2.75, 3.05) is 32.6 Å². The van der Waals surface area contributed by atoms with Crippen molar-refractivity contribution in [2.24, 2.45) is 5.92 Å². The number of carbonyl (C=O) groups is 3. The number of hydrogen-bond donors (Lipinski definition) is 1. The summed E-state index contributed by atoms with van der Waals surface area (Å²) in [5.41, 5.74) is 4.61. The molecule has 0 saturated carbocycles. The lowest BCUT2D eigenvalue weighted by molar-refractivity contribution is -0.153. The average molecular weight is 839 g/mol. The summed E-state index contributed by atoms with van der Waals surface area (Å²) in [5.74, 6) is -1.67. The smallest absolute Gasteiger partial charge is 0.470 e. The Hall–Kier alpha value is -3.71. The number of likely N-dealkylation sites (tertiary alicyclic amines) is 1. The number of thiazole rings is 1. The maximum atomic E-state index is 14.5. The maximum absolute atomic E-state index is 14.5. The number of ether oxygens (including phenoxy) is 5. The standard InChI is InChI=1S/C38H54N4O11S3/c1-11-48-32(49-12-2)20-50-31-18-30(53-41-31)33(22(3)4)36(44)42-19-28(52-37(45)51-25(7)38(8,9)55-56(10,46)47)17-29(42)35(43)40-23(5)26-13-15-27(16-14-26)34-24(6)39-21-54-34/h13-16,18,21-23,25,28-29,32-33H,11-12,17,19-20H2,1-10H3,(H,40,43)/t23-,25?,28+,29-,33?/m0/s1. The third kappa shape index (κ3) is 12.1. The first kappa shape index (κ1) is 45.0. The van der Waals surface area contributed by atoms with Gasteiger partial charge in [0.25, 0.3) is 5.88 Å². The minimum absolute atomic E-state index is 0.00925.